The van der Waals surface area contributed by atoms with Crippen molar-refractivity contribution in [1.82, 2.24) is 9.55 Å². The first-order valence-electron chi connectivity index (χ1n) is 7.78. The first kappa shape index (κ1) is 19.6. The minimum atomic E-state index is -3.58. The van der Waals surface area contributed by atoms with Crippen LogP contribution in [0.3, 0.4) is 0 Å². The van der Waals surface area contributed by atoms with Gasteiger partial charge in [0.15, 0.2) is 0 Å². The molecule has 1 fully saturated rings. The van der Waals surface area contributed by atoms with E-state index in [-0.39, 0.29) is 19.8 Å². The average Bonchev–Trinajstić information content (AvgIpc) is 3.13. The monoisotopic (exact) mass is 420 g/mol. The standard InChI is InChI=1S/C16H18Cl2N2O5S/c1-11-19-5-6-20(11)10-16(14-4-3-12(17)7-15(14)18)23-8-13(25-16)9-24-26(2,21)22/h3-7,13H,8-10H2,1-2H3/t13-,16+/m0/s1. The van der Waals surface area contributed by atoms with Crippen molar-refractivity contribution in [2.75, 3.05) is 19.5 Å². The SMILES string of the molecule is Cc1nccn1C[C@@]1(c2ccc(Cl)cc2Cl)OC[C@@H](COS(C)(=O)=O)O1. The van der Waals surface area contributed by atoms with Gasteiger partial charge in [0.2, 0.25) is 5.79 Å². The molecule has 10 heteroatoms. The van der Waals surface area contributed by atoms with Gasteiger partial charge in [0.05, 0.1) is 31.0 Å². The zero-order valence-electron chi connectivity index (χ0n) is 14.2. The lowest BCUT2D eigenvalue weighted by Gasteiger charge is -2.30. The second kappa shape index (κ2) is 7.46. The number of benzene rings is 1. The second-order valence-corrected chi connectivity index (χ2v) is 8.51. The van der Waals surface area contributed by atoms with Gasteiger partial charge in [-0.1, -0.05) is 29.3 Å². The Morgan fingerprint density at radius 1 is 1.42 bits per heavy atom. The molecule has 2 aromatic rings. The number of aromatic nitrogens is 2. The van der Waals surface area contributed by atoms with Crippen LogP contribution in [-0.4, -0.2) is 43.5 Å². The van der Waals surface area contributed by atoms with E-state index in [4.69, 9.17) is 36.9 Å². The molecule has 26 heavy (non-hydrogen) atoms. The minimum absolute atomic E-state index is 0.144. The molecule has 0 radical (unpaired) electrons. The van der Waals surface area contributed by atoms with Crippen molar-refractivity contribution in [1.29, 1.82) is 0 Å². The van der Waals surface area contributed by atoms with Crippen molar-refractivity contribution in [2.24, 2.45) is 0 Å². The Morgan fingerprint density at radius 3 is 2.81 bits per heavy atom. The Morgan fingerprint density at radius 2 is 2.19 bits per heavy atom. The van der Waals surface area contributed by atoms with Gasteiger partial charge in [0, 0.05) is 23.0 Å². The normalized spacial score (nSPS) is 23.5. The number of nitrogens with zero attached hydrogens (tertiary/aromatic N) is 2. The van der Waals surface area contributed by atoms with Crippen molar-refractivity contribution in [3.63, 3.8) is 0 Å². The van der Waals surface area contributed by atoms with Gasteiger partial charge < -0.3 is 14.0 Å². The van der Waals surface area contributed by atoms with Crippen LogP contribution in [0.2, 0.25) is 10.0 Å². The van der Waals surface area contributed by atoms with Crippen LogP contribution >= 0.6 is 23.2 Å². The summed E-state index contributed by atoms with van der Waals surface area (Å²) in [5.41, 5.74) is 0.596. The van der Waals surface area contributed by atoms with Gasteiger partial charge in [0.1, 0.15) is 11.9 Å². The molecule has 2 heterocycles. The van der Waals surface area contributed by atoms with Crippen molar-refractivity contribution < 1.29 is 22.1 Å². The van der Waals surface area contributed by atoms with Crippen LogP contribution in [0.5, 0.6) is 0 Å². The van der Waals surface area contributed by atoms with Gasteiger partial charge in [-0.25, -0.2) is 4.98 Å². The van der Waals surface area contributed by atoms with E-state index < -0.39 is 22.0 Å². The fourth-order valence-electron chi connectivity index (χ4n) is 2.75. The van der Waals surface area contributed by atoms with Crippen LogP contribution in [0, 0.1) is 6.92 Å². The van der Waals surface area contributed by atoms with Crippen LogP contribution in [0.15, 0.2) is 30.6 Å². The Kier molecular flexibility index (Phi) is 5.62. The molecule has 0 amide bonds. The molecule has 1 aromatic heterocycles. The molecule has 0 saturated carbocycles. The van der Waals surface area contributed by atoms with Crippen LogP contribution in [0.4, 0.5) is 0 Å². The largest absolute Gasteiger partial charge is 0.342 e. The van der Waals surface area contributed by atoms with Crippen LogP contribution < -0.4 is 0 Å². The van der Waals surface area contributed by atoms with Crippen LogP contribution in [0.1, 0.15) is 11.4 Å². The van der Waals surface area contributed by atoms with Gasteiger partial charge in [0.25, 0.3) is 10.1 Å². The zero-order chi connectivity index (χ0) is 18.9. The average molecular weight is 421 g/mol. The van der Waals surface area contributed by atoms with Gasteiger partial charge in [-0.15, -0.1) is 0 Å². The predicted molar refractivity (Wildman–Crippen MR) is 96.7 cm³/mol. The zero-order valence-corrected chi connectivity index (χ0v) is 16.5. The fraction of sp³-hybridized carbons (Fsp3) is 0.438. The maximum absolute atomic E-state index is 11.2. The molecule has 1 saturated heterocycles. The number of hydrogen-bond acceptors (Lipinski definition) is 6. The molecule has 0 unspecified atom stereocenters. The summed E-state index contributed by atoms with van der Waals surface area (Å²) in [5.74, 6) is -0.434. The van der Waals surface area contributed by atoms with E-state index in [1.807, 2.05) is 11.5 Å². The van der Waals surface area contributed by atoms with Crippen molar-refractivity contribution in [2.45, 2.75) is 25.4 Å². The molecule has 7 nitrogen and oxygen atoms in total. The highest BCUT2D eigenvalue weighted by molar-refractivity contribution is 7.85. The third-order valence-corrected chi connectivity index (χ3v) is 5.08. The quantitative estimate of drug-likeness (QED) is 0.668. The van der Waals surface area contributed by atoms with Crippen molar-refractivity contribution in [3.8, 4) is 0 Å². The Balaban J connectivity index is 1.91. The summed E-state index contributed by atoms with van der Waals surface area (Å²) in [4.78, 5) is 4.20. The summed E-state index contributed by atoms with van der Waals surface area (Å²) in [5, 5.41) is 0.877. The summed E-state index contributed by atoms with van der Waals surface area (Å²) >= 11 is 12.4. The highest BCUT2D eigenvalue weighted by Gasteiger charge is 2.45. The van der Waals surface area contributed by atoms with E-state index in [0.29, 0.717) is 15.6 Å². The lowest BCUT2D eigenvalue weighted by Crippen LogP contribution is -2.35. The van der Waals surface area contributed by atoms with E-state index in [1.54, 1.807) is 30.6 Å². The summed E-state index contributed by atoms with van der Waals surface area (Å²) in [6.45, 7) is 2.16. The summed E-state index contributed by atoms with van der Waals surface area (Å²) in [6, 6.07) is 5.03. The van der Waals surface area contributed by atoms with E-state index >= 15 is 0 Å². The number of halogens is 2. The third kappa shape index (κ3) is 4.39. The topological polar surface area (TPSA) is 79.7 Å². The van der Waals surface area contributed by atoms with Crippen molar-refractivity contribution >= 4 is 33.3 Å². The maximum atomic E-state index is 11.2. The van der Waals surface area contributed by atoms with E-state index in [2.05, 4.69) is 4.98 Å². The number of ether oxygens (including phenoxy) is 2. The maximum Gasteiger partial charge on any atom is 0.264 e. The Bertz CT molecular complexity index is 902. The second-order valence-electron chi connectivity index (χ2n) is 6.02. The van der Waals surface area contributed by atoms with E-state index in [9.17, 15) is 8.42 Å². The molecule has 1 aromatic carbocycles. The molecule has 1 aliphatic heterocycles. The van der Waals surface area contributed by atoms with Crippen LogP contribution in [-0.2, 0) is 36.1 Å². The predicted octanol–water partition coefficient (Wildman–Crippen LogP) is 2.74. The molecule has 2 atom stereocenters. The smallest absolute Gasteiger partial charge is 0.264 e. The van der Waals surface area contributed by atoms with Gasteiger partial charge in [-0.05, 0) is 19.1 Å². The molecular formula is C16H18Cl2N2O5S. The first-order chi connectivity index (χ1) is 12.2. The molecule has 0 aliphatic carbocycles. The summed E-state index contributed by atoms with van der Waals surface area (Å²) < 4.78 is 41.3. The number of imidazole rings is 1. The van der Waals surface area contributed by atoms with Gasteiger partial charge in [-0.2, -0.15) is 8.42 Å². The summed E-state index contributed by atoms with van der Waals surface area (Å²) in [6.07, 6.45) is 3.89. The van der Waals surface area contributed by atoms with Gasteiger partial charge in [-0.3, -0.25) is 4.18 Å². The number of rotatable bonds is 6. The van der Waals surface area contributed by atoms with Crippen LogP contribution in [0.25, 0.3) is 0 Å². The molecular weight excluding hydrogens is 403 g/mol. The van der Waals surface area contributed by atoms with E-state index in [1.165, 1.54) is 0 Å². The third-order valence-electron chi connectivity index (χ3n) is 3.97. The number of hydrogen-bond donors (Lipinski definition) is 0. The molecule has 0 bridgehead atoms. The van der Waals surface area contributed by atoms with Crippen molar-refractivity contribution in [3.05, 3.63) is 52.0 Å². The fourth-order valence-corrected chi connectivity index (χ4v) is 3.70. The highest BCUT2D eigenvalue weighted by Crippen LogP contribution is 2.40. The number of aryl methyl sites for hydroxylation is 1. The molecule has 0 spiro atoms. The molecule has 142 valence electrons. The molecule has 1 aliphatic rings. The minimum Gasteiger partial charge on any atom is -0.342 e. The van der Waals surface area contributed by atoms with Gasteiger partial charge >= 0.3 is 0 Å². The lowest BCUT2D eigenvalue weighted by molar-refractivity contribution is -0.189. The Hall–Kier alpha value is -1.16. The Labute approximate surface area is 161 Å². The molecule has 3 rings (SSSR count). The summed E-state index contributed by atoms with van der Waals surface area (Å²) in [7, 11) is -3.58. The van der Waals surface area contributed by atoms with E-state index in [0.717, 1.165) is 12.1 Å². The highest BCUT2D eigenvalue weighted by atomic mass is 35.5. The first-order valence-corrected chi connectivity index (χ1v) is 10.4. The lowest BCUT2D eigenvalue weighted by atomic mass is 10.1. The molecule has 0 N–H and O–H groups in total.